The number of sulfonamides is 1. The number of nitrogens with one attached hydrogen (secondary N) is 2. The molecule has 2 atom stereocenters. The van der Waals surface area contributed by atoms with Crippen molar-refractivity contribution < 1.29 is 13.2 Å². The van der Waals surface area contributed by atoms with Gasteiger partial charge in [0, 0.05) is 5.69 Å². The maximum Gasteiger partial charge on any atom is 0.241 e. The van der Waals surface area contributed by atoms with Crippen LogP contribution in [0.2, 0.25) is 5.02 Å². The zero-order valence-corrected chi connectivity index (χ0v) is 13.8. The van der Waals surface area contributed by atoms with E-state index in [0.717, 1.165) is 12.7 Å². The Bertz CT molecular complexity index is 619. The van der Waals surface area contributed by atoms with E-state index < -0.39 is 16.1 Å². The molecule has 0 aliphatic carbocycles. The zero-order valence-electron chi connectivity index (χ0n) is 12.2. The summed E-state index contributed by atoms with van der Waals surface area (Å²) in [5, 5.41) is 2.85. The summed E-state index contributed by atoms with van der Waals surface area (Å²) < 4.78 is 24.6. The van der Waals surface area contributed by atoms with Gasteiger partial charge in [0.2, 0.25) is 15.9 Å². The second kappa shape index (κ2) is 7.11. The lowest BCUT2D eigenvalue weighted by Crippen LogP contribution is -2.40. The summed E-state index contributed by atoms with van der Waals surface area (Å²) in [7, 11) is -3.41. The van der Waals surface area contributed by atoms with Crippen molar-refractivity contribution in [2.45, 2.75) is 26.3 Å². The molecule has 0 radical (unpaired) electrons. The van der Waals surface area contributed by atoms with Gasteiger partial charge in [0.1, 0.15) is 0 Å². The van der Waals surface area contributed by atoms with E-state index in [0.29, 0.717) is 5.69 Å². The molecule has 1 aromatic rings. The third-order valence-electron chi connectivity index (χ3n) is 3.09. The zero-order chi connectivity index (χ0) is 16.2. The molecule has 0 aliphatic heterocycles. The van der Waals surface area contributed by atoms with Crippen LogP contribution in [0.3, 0.4) is 0 Å². The minimum atomic E-state index is -3.41. The molecule has 6 nitrogen and oxygen atoms in total. The molecular formula is C13H20ClN3O3S. The van der Waals surface area contributed by atoms with Crippen LogP contribution >= 0.6 is 11.6 Å². The molecule has 4 N–H and O–H groups in total. The number of anilines is 2. The number of nitrogens with two attached hydrogens (primary N) is 1. The van der Waals surface area contributed by atoms with Crippen LogP contribution < -0.4 is 15.8 Å². The smallest absolute Gasteiger partial charge is 0.241 e. The van der Waals surface area contributed by atoms with Gasteiger partial charge in [-0.3, -0.25) is 9.52 Å². The first-order valence-corrected chi connectivity index (χ1v) is 8.74. The maximum atomic E-state index is 11.9. The molecule has 21 heavy (non-hydrogen) atoms. The highest BCUT2D eigenvalue weighted by molar-refractivity contribution is 7.92. The quantitative estimate of drug-likeness (QED) is 0.741. The van der Waals surface area contributed by atoms with E-state index in [1.165, 1.54) is 12.1 Å². The van der Waals surface area contributed by atoms with Gasteiger partial charge in [0.15, 0.2) is 0 Å². The van der Waals surface area contributed by atoms with E-state index >= 15 is 0 Å². The molecule has 1 rings (SSSR count). The van der Waals surface area contributed by atoms with Crippen molar-refractivity contribution in [3.05, 3.63) is 23.2 Å². The maximum absolute atomic E-state index is 11.9. The summed E-state index contributed by atoms with van der Waals surface area (Å²) in [5.74, 6) is -0.240. The van der Waals surface area contributed by atoms with Crippen LogP contribution in [-0.2, 0) is 14.8 Å². The van der Waals surface area contributed by atoms with Gasteiger partial charge in [-0.2, -0.15) is 0 Å². The van der Waals surface area contributed by atoms with Gasteiger partial charge in [-0.1, -0.05) is 31.9 Å². The Morgan fingerprint density at radius 3 is 2.52 bits per heavy atom. The molecular weight excluding hydrogens is 314 g/mol. The Labute approximate surface area is 130 Å². The number of carbonyl (C=O) groups is 1. The Hall–Kier alpha value is -1.31. The molecule has 0 unspecified atom stereocenters. The van der Waals surface area contributed by atoms with E-state index in [9.17, 15) is 13.2 Å². The highest BCUT2D eigenvalue weighted by Crippen LogP contribution is 2.26. The lowest BCUT2D eigenvalue weighted by Gasteiger charge is -2.18. The number of amides is 1. The summed E-state index contributed by atoms with van der Waals surface area (Å²) in [6, 6.07) is 3.90. The molecule has 0 fully saturated rings. The first-order chi connectivity index (χ1) is 9.64. The minimum Gasteiger partial charge on any atom is -0.325 e. The molecule has 0 aliphatic rings. The molecule has 0 heterocycles. The van der Waals surface area contributed by atoms with Crippen molar-refractivity contribution in [1.82, 2.24) is 0 Å². The van der Waals surface area contributed by atoms with Crippen molar-refractivity contribution in [3.8, 4) is 0 Å². The fraction of sp³-hybridized carbons (Fsp3) is 0.462. The fourth-order valence-corrected chi connectivity index (χ4v) is 2.47. The predicted octanol–water partition coefficient (Wildman–Crippen LogP) is 2.02. The Kier molecular flexibility index (Phi) is 6.00. The number of rotatable bonds is 6. The highest BCUT2D eigenvalue weighted by Gasteiger charge is 2.19. The van der Waals surface area contributed by atoms with Crippen LogP contribution in [0.15, 0.2) is 18.2 Å². The monoisotopic (exact) mass is 333 g/mol. The molecule has 0 bridgehead atoms. The number of carbonyl (C=O) groups excluding carboxylic acids is 1. The van der Waals surface area contributed by atoms with Crippen molar-refractivity contribution in [1.29, 1.82) is 0 Å². The van der Waals surface area contributed by atoms with Gasteiger partial charge >= 0.3 is 0 Å². The van der Waals surface area contributed by atoms with Crippen LogP contribution in [0.4, 0.5) is 11.4 Å². The number of halogens is 1. The summed E-state index contributed by atoms with van der Waals surface area (Å²) in [4.78, 5) is 11.9. The van der Waals surface area contributed by atoms with Gasteiger partial charge in [0.25, 0.3) is 0 Å². The van der Waals surface area contributed by atoms with Gasteiger partial charge in [0.05, 0.1) is 23.0 Å². The Morgan fingerprint density at radius 2 is 2.05 bits per heavy atom. The van der Waals surface area contributed by atoms with E-state index in [-0.39, 0.29) is 22.5 Å². The average molecular weight is 334 g/mol. The van der Waals surface area contributed by atoms with Crippen LogP contribution in [0.5, 0.6) is 0 Å². The number of benzene rings is 1. The minimum absolute atomic E-state index is 0.0617. The van der Waals surface area contributed by atoms with Crippen LogP contribution in [0.25, 0.3) is 0 Å². The van der Waals surface area contributed by atoms with Crippen LogP contribution in [0.1, 0.15) is 20.3 Å². The first-order valence-electron chi connectivity index (χ1n) is 6.47. The SMILES string of the molecule is CC[C@H](C)[C@H](N)C(=O)Nc1ccc(NS(C)(=O)=O)c(Cl)c1. The van der Waals surface area contributed by atoms with Gasteiger partial charge in [-0.05, 0) is 24.1 Å². The van der Waals surface area contributed by atoms with Crippen molar-refractivity contribution in [3.63, 3.8) is 0 Å². The third-order valence-corrected chi connectivity index (χ3v) is 4.00. The lowest BCUT2D eigenvalue weighted by molar-refractivity contribution is -0.118. The van der Waals surface area contributed by atoms with E-state index in [2.05, 4.69) is 10.0 Å². The molecule has 0 aromatic heterocycles. The van der Waals surface area contributed by atoms with Gasteiger partial charge in [-0.25, -0.2) is 8.42 Å². The first kappa shape index (κ1) is 17.7. The van der Waals surface area contributed by atoms with Crippen molar-refractivity contribution in [2.75, 3.05) is 16.3 Å². The molecule has 1 amide bonds. The van der Waals surface area contributed by atoms with Gasteiger partial charge in [-0.15, -0.1) is 0 Å². The Morgan fingerprint density at radius 1 is 1.43 bits per heavy atom. The Balaban J connectivity index is 2.83. The van der Waals surface area contributed by atoms with Gasteiger partial charge < -0.3 is 11.1 Å². The summed E-state index contributed by atoms with van der Waals surface area (Å²) in [6.07, 6.45) is 1.83. The topological polar surface area (TPSA) is 101 Å². The summed E-state index contributed by atoms with van der Waals surface area (Å²) in [6.45, 7) is 3.86. The number of hydrogen-bond donors (Lipinski definition) is 3. The van der Waals surface area contributed by atoms with Crippen molar-refractivity contribution >= 4 is 38.9 Å². The van der Waals surface area contributed by atoms with E-state index in [4.69, 9.17) is 17.3 Å². The second-order valence-electron chi connectivity index (χ2n) is 4.97. The molecule has 118 valence electrons. The molecule has 0 saturated heterocycles. The van der Waals surface area contributed by atoms with E-state index in [1.807, 2.05) is 13.8 Å². The van der Waals surface area contributed by atoms with Crippen LogP contribution in [-0.4, -0.2) is 26.6 Å². The summed E-state index contributed by atoms with van der Waals surface area (Å²) >= 11 is 5.98. The molecule has 0 spiro atoms. The molecule has 1 aromatic carbocycles. The standard InChI is InChI=1S/C13H20ClN3O3S/c1-4-8(2)12(15)13(18)16-9-5-6-11(10(14)7-9)17-21(3,19)20/h5-8,12,17H,4,15H2,1-3H3,(H,16,18)/t8-,12-/m0/s1. The molecule has 8 heteroatoms. The largest absolute Gasteiger partial charge is 0.325 e. The molecule has 0 saturated carbocycles. The summed E-state index contributed by atoms with van der Waals surface area (Å²) in [5.41, 5.74) is 6.55. The third kappa shape index (κ3) is 5.53. The highest BCUT2D eigenvalue weighted by atomic mass is 35.5. The van der Waals surface area contributed by atoms with E-state index in [1.54, 1.807) is 6.07 Å². The number of hydrogen-bond acceptors (Lipinski definition) is 4. The van der Waals surface area contributed by atoms with Crippen LogP contribution in [0, 0.1) is 5.92 Å². The average Bonchev–Trinajstić information content (AvgIpc) is 2.38. The normalized spacial score (nSPS) is 14.3. The predicted molar refractivity (Wildman–Crippen MR) is 86.0 cm³/mol. The second-order valence-corrected chi connectivity index (χ2v) is 7.13. The lowest BCUT2D eigenvalue weighted by atomic mass is 9.99. The fourth-order valence-electron chi connectivity index (χ4n) is 1.61. The van der Waals surface area contributed by atoms with Crippen molar-refractivity contribution in [2.24, 2.45) is 11.7 Å².